The number of aromatic nitrogens is 2. The minimum atomic E-state index is 0.383. The molecule has 0 bridgehead atoms. The normalized spacial score (nSPS) is 24.4. The summed E-state index contributed by atoms with van der Waals surface area (Å²) in [7, 11) is 0. The highest BCUT2D eigenvalue weighted by Gasteiger charge is 2.44. The molecule has 5 heteroatoms. The Labute approximate surface area is 205 Å². The lowest BCUT2D eigenvalue weighted by molar-refractivity contribution is 0.0206. The fourth-order valence-corrected chi connectivity index (χ4v) is 7.22. The zero-order chi connectivity index (χ0) is 23.5. The van der Waals surface area contributed by atoms with Crippen LogP contribution in [-0.4, -0.2) is 47.2 Å². The van der Waals surface area contributed by atoms with Crippen molar-refractivity contribution in [2.24, 2.45) is 23.2 Å². The quantitative estimate of drug-likeness (QED) is 0.549. The van der Waals surface area contributed by atoms with E-state index in [1.165, 1.54) is 70.3 Å². The number of anilines is 1. The molecule has 1 aliphatic carbocycles. The molecular weight excluding hydrogens is 418 g/mol. The number of nitrogens with zero attached hydrogens (tertiary/aromatic N) is 5. The first kappa shape index (κ1) is 23.4. The van der Waals surface area contributed by atoms with Gasteiger partial charge < -0.3 is 14.4 Å². The summed E-state index contributed by atoms with van der Waals surface area (Å²) in [5, 5.41) is 9.05. The number of benzene rings is 1. The molecule has 3 aliphatic rings. The van der Waals surface area contributed by atoms with E-state index in [0.717, 1.165) is 48.8 Å². The van der Waals surface area contributed by atoms with Crippen molar-refractivity contribution in [1.82, 2.24) is 14.5 Å². The average molecular weight is 460 g/mol. The molecule has 2 saturated heterocycles. The molecule has 1 unspecified atom stereocenters. The number of piperidine rings is 1. The van der Waals surface area contributed by atoms with Crippen LogP contribution in [0.3, 0.4) is 0 Å². The predicted octanol–water partition coefficient (Wildman–Crippen LogP) is 5.50. The number of imidazole rings is 1. The first-order valence-corrected chi connectivity index (χ1v) is 13.5. The van der Waals surface area contributed by atoms with Crippen LogP contribution < -0.4 is 4.90 Å². The molecule has 0 N–H and O–H groups in total. The Balaban J connectivity index is 1.16. The smallest absolute Gasteiger partial charge is 0.105 e. The molecule has 34 heavy (non-hydrogen) atoms. The zero-order valence-electron chi connectivity index (χ0n) is 21.1. The standard InChI is InChI=1S/C29H41N5/c1-23-31-14-18-34(23)22-29(2,26-5-3-4-6-26)27-12-15-32(16-13-27)20-25-11-17-33(21-25)28-9-7-24(19-30)8-10-28/h7-10,14,18,25-27H,3-6,11-13,15-17,20-22H2,1-2H3/t25?,29-/m1/s1. The Morgan fingerprint density at radius 3 is 2.35 bits per heavy atom. The minimum absolute atomic E-state index is 0.383. The third-order valence-corrected chi connectivity index (χ3v) is 9.41. The molecule has 5 nitrogen and oxygen atoms in total. The molecule has 2 aromatic rings. The fraction of sp³-hybridized carbons (Fsp3) is 0.655. The highest BCUT2D eigenvalue weighted by Crippen LogP contribution is 2.49. The molecule has 3 fully saturated rings. The summed E-state index contributed by atoms with van der Waals surface area (Å²) in [6.45, 7) is 11.9. The van der Waals surface area contributed by atoms with E-state index in [9.17, 15) is 0 Å². The van der Waals surface area contributed by atoms with E-state index in [1.807, 2.05) is 18.3 Å². The maximum absolute atomic E-state index is 9.05. The Bertz CT molecular complexity index is 975. The predicted molar refractivity (Wildman–Crippen MR) is 138 cm³/mol. The lowest BCUT2D eigenvalue weighted by Gasteiger charge is -2.47. The summed E-state index contributed by atoms with van der Waals surface area (Å²) in [5.74, 6) is 3.59. The molecule has 5 rings (SSSR count). The van der Waals surface area contributed by atoms with Crippen molar-refractivity contribution in [2.45, 2.75) is 65.3 Å². The number of aryl methyl sites for hydroxylation is 1. The van der Waals surface area contributed by atoms with Crippen molar-refractivity contribution < 1.29 is 0 Å². The molecule has 3 heterocycles. The monoisotopic (exact) mass is 459 g/mol. The molecule has 1 aromatic heterocycles. The van der Waals surface area contributed by atoms with Crippen LogP contribution >= 0.6 is 0 Å². The molecule has 182 valence electrons. The van der Waals surface area contributed by atoms with Gasteiger partial charge in [0, 0.05) is 44.3 Å². The van der Waals surface area contributed by atoms with Crippen molar-refractivity contribution in [2.75, 3.05) is 37.6 Å². The van der Waals surface area contributed by atoms with E-state index in [2.05, 4.69) is 57.6 Å². The van der Waals surface area contributed by atoms with Gasteiger partial charge in [-0.25, -0.2) is 4.98 Å². The van der Waals surface area contributed by atoms with E-state index < -0.39 is 0 Å². The Kier molecular flexibility index (Phi) is 6.97. The van der Waals surface area contributed by atoms with E-state index in [0.29, 0.717) is 5.41 Å². The summed E-state index contributed by atoms with van der Waals surface area (Å²) in [5.41, 5.74) is 2.39. The lowest BCUT2D eigenvalue weighted by atomic mass is 9.64. The second-order valence-corrected chi connectivity index (χ2v) is 11.4. The number of nitriles is 1. The average Bonchev–Trinajstić information content (AvgIpc) is 3.63. The third kappa shape index (κ3) is 4.89. The van der Waals surface area contributed by atoms with Crippen molar-refractivity contribution in [3.63, 3.8) is 0 Å². The van der Waals surface area contributed by atoms with E-state index >= 15 is 0 Å². The maximum atomic E-state index is 9.05. The van der Waals surface area contributed by atoms with Gasteiger partial charge >= 0.3 is 0 Å². The second kappa shape index (κ2) is 10.1. The fourth-order valence-electron chi connectivity index (χ4n) is 7.22. The highest BCUT2D eigenvalue weighted by atomic mass is 15.2. The van der Waals surface area contributed by atoms with E-state index in [1.54, 1.807) is 0 Å². The van der Waals surface area contributed by atoms with Gasteiger partial charge in [0.2, 0.25) is 0 Å². The topological polar surface area (TPSA) is 48.1 Å². The van der Waals surface area contributed by atoms with Crippen molar-refractivity contribution in [3.05, 3.63) is 48.0 Å². The summed E-state index contributed by atoms with van der Waals surface area (Å²) in [6, 6.07) is 10.3. The number of hydrogen-bond acceptors (Lipinski definition) is 4. The van der Waals surface area contributed by atoms with Gasteiger partial charge in [0.1, 0.15) is 5.82 Å². The SMILES string of the molecule is Cc1nccn1C[C@](C)(C1CCCC1)C1CCN(CC2CCN(c3ccc(C#N)cc3)C2)CC1. The van der Waals surface area contributed by atoms with E-state index in [4.69, 9.17) is 5.26 Å². The first-order chi connectivity index (χ1) is 16.5. The van der Waals surface area contributed by atoms with Gasteiger partial charge in [-0.05, 0) is 99.6 Å². The largest absolute Gasteiger partial charge is 0.371 e. The van der Waals surface area contributed by atoms with Crippen LogP contribution in [0.15, 0.2) is 36.7 Å². The van der Waals surface area contributed by atoms with Gasteiger partial charge in [0.25, 0.3) is 0 Å². The van der Waals surface area contributed by atoms with Crippen molar-refractivity contribution in [1.29, 1.82) is 5.26 Å². The minimum Gasteiger partial charge on any atom is -0.371 e. The van der Waals surface area contributed by atoms with Crippen LogP contribution in [0, 0.1) is 41.4 Å². The number of likely N-dealkylation sites (tertiary alicyclic amines) is 1. The van der Waals surface area contributed by atoms with Crippen molar-refractivity contribution in [3.8, 4) is 6.07 Å². The van der Waals surface area contributed by atoms with Gasteiger partial charge in [-0.15, -0.1) is 0 Å². The van der Waals surface area contributed by atoms with Gasteiger partial charge in [0.15, 0.2) is 0 Å². The first-order valence-electron chi connectivity index (χ1n) is 13.5. The van der Waals surface area contributed by atoms with Crippen LogP contribution in [0.2, 0.25) is 0 Å². The van der Waals surface area contributed by atoms with E-state index in [-0.39, 0.29) is 0 Å². The number of rotatable bonds is 7. The number of hydrogen-bond donors (Lipinski definition) is 0. The Hall–Kier alpha value is -2.32. The summed E-state index contributed by atoms with van der Waals surface area (Å²) in [4.78, 5) is 9.77. The van der Waals surface area contributed by atoms with Crippen LogP contribution in [0.4, 0.5) is 5.69 Å². The van der Waals surface area contributed by atoms with Crippen LogP contribution in [-0.2, 0) is 6.54 Å². The van der Waals surface area contributed by atoms with Crippen LogP contribution in [0.1, 0.15) is 63.3 Å². The molecule has 2 aliphatic heterocycles. The lowest BCUT2D eigenvalue weighted by Crippen LogP contribution is -2.46. The molecule has 1 saturated carbocycles. The van der Waals surface area contributed by atoms with Crippen LogP contribution in [0.5, 0.6) is 0 Å². The summed E-state index contributed by atoms with van der Waals surface area (Å²) in [6.07, 6.45) is 13.8. The molecule has 1 aromatic carbocycles. The van der Waals surface area contributed by atoms with Gasteiger partial charge in [0.05, 0.1) is 11.6 Å². The second-order valence-electron chi connectivity index (χ2n) is 11.4. The molecule has 0 radical (unpaired) electrons. The molecule has 0 spiro atoms. The molecule has 2 atom stereocenters. The van der Waals surface area contributed by atoms with Gasteiger partial charge in [-0.2, -0.15) is 5.26 Å². The molecule has 0 amide bonds. The maximum Gasteiger partial charge on any atom is 0.105 e. The third-order valence-electron chi connectivity index (χ3n) is 9.41. The highest BCUT2D eigenvalue weighted by molar-refractivity contribution is 5.50. The Morgan fingerprint density at radius 1 is 1.00 bits per heavy atom. The summed E-state index contributed by atoms with van der Waals surface area (Å²) >= 11 is 0. The molecular formula is C29H41N5. The van der Waals surface area contributed by atoms with Crippen LogP contribution in [0.25, 0.3) is 0 Å². The van der Waals surface area contributed by atoms with Crippen molar-refractivity contribution >= 4 is 5.69 Å². The van der Waals surface area contributed by atoms with Gasteiger partial charge in [-0.3, -0.25) is 0 Å². The van der Waals surface area contributed by atoms with Gasteiger partial charge in [-0.1, -0.05) is 19.8 Å². The Morgan fingerprint density at radius 2 is 1.71 bits per heavy atom. The summed E-state index contributed by atoms with van der Waals surface area (Å²) < 4.78 is 2.42. The zero-order valence-corrected chi connectivity index (χ0v) is 21.1.